The number of halogens is 3. The van der Waals surface area contributed by atoms with Crippen molar-refractivity contribution in [3.05, 3.63) is 82.9 Å². The quantitative estimate of drug-likeness (QED) is 0.579. The Bertz CT molecular complexity index is 1090. The van der Waals surface area contributed by atoms with E-state index in [9.17, 15) is 28.2 Å². The number of carboxylic acid groups (broad SMARTS) is 1. The number of carbonyl (C=O) groups is 1. The number of anilines is 2. The molecule has 0 spiro atoms. The molecule has 0 aliphatic heterocycles. The first kappa shape index (κ1) is 18.1. The van der Waals surface area contributed by atoms with Crippen LogP contribution in [-0.2, 0) is 6.18 Å². The normalized spacial score (nSPS) is 15.1. The van der Waals surface area contributed by atoms with E-state index in [2.05, 4.69) is 5.32 Å². The Balaban J connectivity index is 1.82. The molecule has 0 amide bonds. The van der Waals surface area contributed by atoms with Gasteiger partial charge in [0, 0.05) is 22.5 Å². The van der Waals surface area contributed by atoms with Crippen molar-refractivity contribution in [2.75, 3.05) is 5.32 Å². The van der Waals surface area contributed by atoms with Crippen molar-refractivity contribution in [1.29, 1.82) is 0 Å². The van der Waals surface area contributed by atoms with E-state index in [1.807, 2.05) is 0 Å². The smallest absolute Gasteiger partial charge is 0.416 e. The van der Waals surface area contributed by atoms with Gasteiger partial charge in [-0.25, -0.2) is 4.79 Å². The van der Waals surface area contributed by atoms with Crippen LogP contribution in [0.1, 0.15) is 33.2 Å². The average Bonchev–Trinajstić information content (AvgIpc) is 2.95. The van der Waals surface area contributed by atoms with Crippen LogP contribution in [0.5, 0.6) is 0 Å². The fourth-order valence-corrected chi connectivity index (χ4v) is 3.55. The highest BCUT2D eigenvalue weighted by molar-refractivity contribution is 5.98. The molecule has 4 rings (SSSR count). The molecular weight excluding hydrogens is 371 g/mol. The lowest BCUT2D eigenvalue weighted by Crippen LogP contribution is -2.05. The van der Waals surface area contributed by atoms with Crippen LogP contribution in [0.3, 0.4) is 0 Å². The summed E-state index contributed by atoms with van der Waals surface area (Å²) in [5, 5.41) is 23.1. The van der Waals surface area contributed by atoms with Crippen molar-refractivity contribution < 1.29 is 28.2 Å². The van der Waals surface area contributed by atoms with Gasteiger partial charge >= 0.3 is 12.1 Å². The summed E-state index contributed by atoms with van der Waals surface area (Å²) in [6.07, 6.45) is -5.59. The van der Waals surface area contributed by atoms with E-state index >= 15 is 0 Å². The molecule has 3 aromatic rings. The van der Waals surface area contributed by atoms with E-state index in [1.165, 1.54) is 18.2 Å². The zero-order chi connectivity index (χ0) is 20.1. The molecule has 0 heterocycles. The van der Waals surface area contributed by atoms with Crippen molar-refractivity contribution in [2.45, 2.75) is 12.3 Å². The molecular formula is C21H14F3NO3. The second kappa shape index (κ2) is 6.38. The van der Waals surface area contributed by atoms with Gasteiger partial charge in [-0.3, -0.25) is 0 Å². The Morgan fingerprint density at radius 3 is 2.43 bits per heavy atom. The molecule has 3 aromatic carbocycles. The minimum absolute atomic E-state index is 0.00813. The number of carboxylic acids is 1. The van der Waals surface area contributed by atoms with Crippen LogP contribution in [0.15, 0.2) is 60.7 Å². The summed E-state index contributed by atoms with van der Waals surface area (Å²) in [5.74, 6) is -1.16. The van der Waals surface area contributed by atoms with Gasteiger partial charge in [0.25, 0.3) is 0 Å². The molecule has 0 saturated carbocycles. The molecule has 1 atom stereocenters. The van der Waals surface area contributed by atoms with Gasteiger partial charge in [0.15, 0.2) is 0 Å². The largest absolute Gasteiger partial charge is 0.478 e. The van der Waals surface area contributed by atoms with Crippen LogP contribution >= 0.6 is 0 Å². The second-order valence-electron chi connectivity index (χ2n) is 6.45. The highest BCUT2D eigenvalue weighted by Gasteiger charge is 2.33. The van der Waals surface area contributed by atoms with Crippen molar-refractivity contribution in [3.8, 4) is 11.1 Å². The van der Waals surface area contributed by atoms with Gasteiger partial charge in [0.05, 0.1) is 11.1 Å². The number of aliphatic hydroxyl groups excluding tert-OH is 1. The van der Waals surface area contributed by atoms with E-state index < -0.39 is 23.8 Å². The summed E-state index contributed by atoms with van der Waals surface area (Å²) in [6, 6.07) is 14.5. The first-order valence-electron chi connectivity index (χ1n) is 8.39. The second-order valence-corrected chi connectivity index (χ2v) is 6.45. The maximum Gasteiger partial charge on any atom is 0.416 e. The minimum Gasteiger partial charge on any atom is -0.478 e. The number of fused-ring (bicyclic) bond motifs is 3. The number of hydrogen-bond donors (Lipinski definition) is 3. The monoisotopic (exact) mass is 385 g/mol. The Morgan fingerprint density at radius 2 is 1.71 bits per heavy atom. The number of nitrogens with one attached hydrogen (secondary N) is 1. The summed E-state index contributed by atoms with van der Waals surface area (Å²) in [4.78, 5) is 11.5. The molecule has 1 unspecified atom stereocenters. The van der Waals surface area contributed by atoms with E-state index in [0.717, 1.165) is 12.1 Å². The minimum atomic E-state index is -4.46. The van der Waals surface area contributed by atoms with E-state index in [4.69, 9.17) is 0 Å². The van der Waals surface area contributed by atoms with Crippen molar-refractivity contribution in [1.82, 2.24) is 0 Å². The third kappa shape index (κ3) is 2.90. The highest BCUT2D eigenvalue weighted by Crippen LogP contribution is 2.49. The van der Waals surface area contributed by atoms with Crippen LogP contribution in [0.4, 0.5) is 24.5 Å². The van der Waals surface area contributed by atoms with E-state index in [0.29, 0.717) is 22.4 Å². The molecule has 0 bridgehead atoms. The Labute approximate surface area is 157 Å². The van der Waals surface area contributed by atoms with Crippen LogP contribution < -0.4 is 5.32 Å². The van der Waals surface area contributed by atoms with Gasteiger partial charge in [-0.1, -0.05) is 30.3 Å². The molecule has 0 radical (unpaired) electrons. The molecule has 3 N–H and O–H groups in total. The van der Waals surface area contributed by atoms with Crippen LogP contribution in [-0.4, -0.2) is 16.2 Å². The summed E-state index contributed by atoms with van der Waals surface area (Å²) in [7, 11) is 0. The maximum absolute atomic E-state index is 13.0. The fraction of sp³-hybridized carbons (Fsp3) is 0.0952. The standard InChI is InChI=1S/C21H14F3NO3/c22-21(23,24)11-4-1-5-12(10-11)25-16-9-3-7-14-17(16)13-6-2-8-15(20(27)28)18(13)19(14)26/h1-10,19,25-26H,(H,27,28). The summed E-state index contributed by atoms with van der Waals surface area (Å²) >= 11 is 0. The summed E-state index contributed by atoms with van der Waals surface area (Å²) < 4.78 is 38.9. The Hall–Kier alpha value is -3.32. The highest BCUT2D eigenvalue weighted by atomic mass is 19.4. The topological polar surface area (TPSA) is 69.6 Å². The third-order valence-electron chi connectivity index (χ3n) is 4.74. The van der Waals surface area contributed by atoms with Gasteiger partial charge in [-0.15, -0.1) is 0 Å². The number of alkyl halides is 3. The van der Waals surface area contributed by atoms with Crippen LogP contribution in [0, 0.1) is 0 Å². The molecule has 4 nitrogen and oxygen atoms in total. The number of benzene rings is 3. The number of aliphatic hydroxyl groups is 1. The van der Waals surface area contributed by atoms with E-state index in [1.54, 1.807) is 30.3 Å². The third-order valence-corrected chi connectivity index (χ3v) is 4.74. The summed E-state index contributed by atoms with van der Waals surface area (Å²) in [6.45, 7) is 0. The van der Waals surface area contributed by atoms with Crippen LogP contribution in [0.2, 0.25) is 0 Å². The van der Waals surface area contributed by atoms with Crippen molar-refractivity contribution >= 4 is 17.3 Å². The zero-order valence-corrected chi connectivity index (χ0v) is 14.3. The lowest BCUT2D eigenvalue weighted by molar-refractivity contribution is -0.137. The lowest BCUT2D eigenvalue weighted by Gasteiger charge is -2.14. The lowest BCUT2D eigenvalue weighted by atomic mass is 10.00. The molecule has 1 aliphatic carbocycles. The van der Waals surface area contributed by atoms with Gasteiger partial charge in [-0.2, -0.15) is 13.2 Å². The van der Waals surface area contributed by atoms with Gasteiger partial charge in [0.1, 0.15) is 6.10 Å². The zero-order valence-electron chi connectivity index (χ0n) is 14.3. The molecule has 142 valence electrons. The molecule has 0 aromatic heterocycles. The summed E-state index contributed by atoms with van der Waals surface area (Å²) in [5.41, 5.74) is 1.83. The van der Waals surface area contributed by atoms with Gasteiger partial charge in [-0.05, 0) is 41.5 Å². The number of hydrogen-bond acceptors (Lipinski definition) is 3. The number of rotatable bonds is 3. The van der Waals surface area contributed by atoms with Crippen molar-refractivity contribution in [3.63, 3.8) is 0 Å². The van der Waals surface area contributed by atoms with Crippen molar-refractivity contribution in [2.24, 2.45) is 0 Å². The SMILES string of the molecule is O=C(O)c1cccc2c1C(O)c1cccc(Nc3cccc(C(F)(F)F)c3)c1-2. The Morgan fingerprint density at radius 1 is 1.00 bits per heavy atom. The predicted molar refractivity (Wildman–Crippen MR) is 97.6 cm³/mol. The predicted octanol–water partition coefficient (Wildman–Crippen LogP) is 5.21. The molecule has 1 aliphatic rings. The average molecular weight is 385 g/mol. The molecule has 0 saturated heterocycles. The fourth-order valence-electron chi connectivity index (χ4n) is 3.55. The molecule has 7 heteroatoms. The van der Waals surface area contributed by atoms with Gasteiger partial charge < -0.3 is 15.5 Å². The first-order valence-corrected chi connectivity index (χ1v) is 8.39. The molecule has 0 fully saturated rings. The first-order chi connectivity index (χ1) is 13.3. The van der Waals surface area contributed by atoms with Gasteiger partial charge in [0.2, 0.25) is 0 Å². The Kier molecular flexibility index (Phi) is 4.12. The number of aromatic carboxylic acids is 1. The van der Waals surface area contributed by atoms with E-state index in [-0.39, 0.29) is 16.8 Å². The molecule has 28 heavy (non-hydrogen) atoms. The van der Waals surface area contributed by atoms with Crippen LogP contribution in [0.25, 0.3) is 11.1 Å². The maximum atomic E-state index is 13.0.